The van der Waals surface area contributed by atoms with Crippen LogP contribution in [0.1, 0.15) is 11.3 Å². The van der Waals surface area contributed by atoms with Crippen LogP contribution in [0.3, 0.4) is 0 Å². The Morgan fingerprint density at radius 3 is 2.78 bits per heavy atom. The van der Waals surface area contributed by atoms with Gasteiger partial charge in [0.2, 0.25) is 11.7 Å². The fraction of sp³-hybridized carbons (Fsp3) is 0.211. The molecule has 0 spiro atoms. The Hall–Kier alpha value is -3.00. The van der Waals surface area contributed by atoms with Crippen molar-refractivity contribution in [3.63, 3.8) is 0 Å². The molecule has 0 atom stereocenters. The van der Waals surface area contributed by atoms with Crippen LogP contribution in [0.4, 0.5) is 11.6 Å². The average molecular weight is 383 g/mol. The fourth-order valence-electron chi connectivity index (χ4n) is 2.29. The lowest BCUT2D eigenvalue weighted by Gasteiger charge is -2.08. The second kappa shape index (κ2) is 9.63. The summed E-state index contributed by atoms with van der Waals surface area (Å²) in [7, 11) is 0. The minimum atomic E-state index is -0.308. The maximum absolute atomic E-state index is 12.1. The van der Waals surface area contributed by atoms with Crippen LogP contribution in [0.25, 0.3) is 0 Å². The summed E-state index contributed by atoms with van der Waals surface area (Å²) in [6.45, 7) is 0.982. The van der Waals surface area contributed by atoms with Gasteiger partial charge >= 0.3 is 0 Å². The molecule has 0 fully saturated rings. The predicted octanol–water partition coefficient (Wildman–Crippen LogP) is 2.67. The van der Waals surface area contributed by atoms with Gasteiger partial charge in [-0.05, 0) is 17.7 Å². The molecule has 0 radical (unpaired) electrons. The second-order valence-corrected chi connectivity index (χ2v) is 6.82. The number of nitrogens with two attached hydrogens (primary N) is 1. The first kappa shape index (κ1) is 18.8. The van der Waals surface area contributed by atoms with Crippen LogP contribution in [0.2, 0.25) is 0 Å². The van der Waals surface area contributed by atoms with Crippen molar-refractivity contribution in [1.29, 1.82) is 0 Å². The lowest BCUT2D eigenvalue weighted by Crippen LogP contribution is -2.16. The summed E-state index contributed by atoms with van der Waals surface area (Å²) in [4.78, 5) is 23.2. The van der Waals surface area contributed by atoms with Gasteiger partial charge < -0.3 is 15.8 Å². The third-order valence-electron chi connectivity index (χ3n) is 3.71. The molecule has 27 heavy (non-hydrogen) atoms. The summed E-state index contributed by atoms with van der Waals surface area (Å²) in [5.41, 5.74) is 8.14. The van der Waals surface area contributed by atoms with E-state index in [1.54, 1.807) is 18.0 Å². The van der Waals surface area contributed by atoms with E-state index in [2.05, 4.69) is 20.3 Å². The van der Waals surface area contributed by atoms with Gasteiger partial charge in [-0.25, -0.2) is 4.98 Å². The molecule has 0 aliphatic carbocycles. The van der Waals surface area contributed by atoms with Gasteiger partial charge in [-0.3, -0.25) is 14.8 Å². The number of rotatable bonds is 9. The Morgan fingerprint density at radius 1 is 1.15 bits per heavy atom. The average Bonchev–Trinajstić information content (AvgIpc) is 2.69. The Balaban J connectivity index is 1.42. The molecule has 1 aromatic carbocycles. The smallest absolute Gasteiger partial charge is 0.294 e. The zero-order valence-corrected chi connectivity index (χ0v) is 15.5. The third-order valence-corrected chi connectivity index (χ3v) is 4.68. The van der Waals surface area contributed by atoms with Gasteiger partial charge in [-0.2, -0.15) is 11.8 Å². The topological polar surface area (TPSA) is 106 Å². The van der Waals surface area contributed by atoms with Crippen LogP contribution in [-0.2, 0) is 12.4 Å². The molecule has 140 valence electrons. The fourth-order valence-corrected chi connectivity index (χ4v) is 3.12. The number of hydrogen-bond donors (Lipinski definition) is 3. The van der Waals surface area contributed by atoms with Gasteiger partial charge in [0, 0.05) is 24.2 Å². The van der Waals surface area contributed by atoms with Gasteiger partial charge in [0.15, 0.2) is 0 Å². The Labute approximate surface area is 161 Å². The van der Waals surface area contributed by atoms with Crippen LogP contribution in [0, 0.1) is 0 Å². The van der Waals surface area contributed by atoms with E-state index in [4.69, 9.17) is 10.5 Å². The molecule has 0 aliphatic heterocycles. The van der Waals surface area contributed by atoms with Crippen LogP contribution in [0.5, 0.6) is 5.75 Å². The van der Waals surface area contributed by atoms with E-state index in [-0.39, 0.29) is 11.3 Å². The maximum atomic E-state index is 12.1. The molecule has 0 unspecified atom stereocenters. The molecule has 3 rings (SSSR count). The second-order valence-electron chi connectivity index (χ2n) is 5.72. The van der Waals surface area contributed by atoms with Gasteiger partial charge in [-0.15, -0.1) is 0 Å². The number of hydrogen-bond acceptors (Lipinski definition) is 7. The molecule has 7 nitrogen and oxygen atoms in total. The number of pyridine rings is 1. The molecule has 3 aromatic rings. The van der Waals surface area contributed by atoms with E-state index in [1.807, 2.05) is 42.5 Å². The van der Waals surface area contributed by atoms with E-state index in [0.29, 0.717) is 24.8 Å². The predicted molar refractivity (Wildman–Crippen MR) is 109 cm³/mol. The first-order chi connectivity index (χ1) is 13.2. The molecule has 0 saturated carbocycles. The minimum Gasteiger partial charge on any atom is -0.482 e. The summed E-state index contributed by atoms with van der Waals surface area (Å²) in [5.74, 6) is 2.19. The van der Waals surface area contributed by atoms with Crippen LogP contribution >= 0.6 is 11.8 Å². The molecule has 8 heteroatoms. The van der Waals surface area contributed by atoms with Crippen molar-refractivity contribution in [3.05, 3.63) is 76.5 Å². The highest BCUT2D eigenvalue weighted by molar-refractivity contribution is 7.98. The quantitative estimate of drug-likeness (QED) is 0.488. The molecule has 2 aromatic heterocycles. The summed E-state index contributed by atoms with van der Waals surface area (Å²) < 4.78 is 5.52. The lowest BCUT2D eigenvalue weighted by atomic mass is 10.2. The molecule has 0 aliphatic rings. The zero-order chi connectivity index (χ0) is 18.9. The van der Waals surface area contributed by atoms with E-state index in [1.165, 1.54) is 6.20 Å². The summed E-state index contributed by atoms with van der Waals surface area (Å²) in [6.07, 6.45) is 3.17. The number of benzene rings is 1. The van der Waals surface area contributed by atoms with Crippen molar-refractivity contribution in [2.45, 2.75) is 12.4 Å². The van der Waals surface area contributed by atoms with Gasteiger partial charge in [-0.1, -0.05) is 30.3 Å². The highest BCUT2D eigenvalue weighted by atomic mass is 32.2. The minimum absolute atomic E-state index is 0.199. The van der Waals surface area contributed by atoms with Crippen LogP contribution in [-0.4, -0.2) is 27.2 Å². The molecule has 0 amide bonds. The number of H-pyrrole nitrogens is 1. The van der Waals surface area contributed by atoms with Crippen LogP contribution < -0.4 is 21.3 Å². The third kappa shape index (κ3) is 5.75. The van der Waals surface area contributed by atoms with E-state index in [9.17, 15) is 4.79 Å². The number of nitrogens with one attached hydrogen (secondary N) is 2. The first-order valence-corrected chi connectivity index (χ1v) is 9.65. The molecular weight excluding hydrogens is 362 g/mol. The Bertz CT molecular complexity index is 917. The van der Waals surface area contributed by atoms with Crippen molar-refractivity contribution >= 4 is 23.4 Å². The Kier molecular flexibility index (Phi) is 6.70. The Morgan fingerprint density at radius 2 is 2.00 bits per heavy atom. The van der Waals surface area contributed by atoms with Crippen molar-refractivity contribution in [2.24, 2.45) is 0 Å². The number of aromatic nitrogens is 3. The highest BCUT2D eigenvalue weighted by Crippen LogP contribution is 2.15. The largest absolute Gasteiger partial charge is 0.482 e. The normalized spacial score (nSPS) is 10.5. The van der Waals surface area contributed by atoms with Gasteiger partial charge in [0.25, 0.3) is 5.56 Å². The van der Waals surface area contributed by atoms with Crippen molar-refractivity contribution in [1.82, 2.24) is 15.0 Å². The summed E-state index contributed by atoms with van der Waals surface area (Å²) >= 11 is 1.70. The first-order valence-electron chi connectivity index (χ1n) is 8.49. The molecule has 2 heterocycles. The molecule has 0 bridgehead atoms. The van der Waals surface area contributed by atoms with Crippen molar-refractivity contribution in [3.8, 4) is 5.75 Å². The van der Waals surface area contributed by atoms with Gasteiger partial charge in [0.05, 0.1) is 17.6 Å². The van der Waals surface area contributed by atoms with E-state index >= 15 is 0 Å². The number of nitrogen functional groups attached to an aromatic ring is 1. The highest BCUT2D eigenvalue weighted by Gasteiger charge is 2.04. The maximum Gasteiger partial charge on any atom is 0.294 e. The number of thioether (sulfide) groups is 1. The van der Waals surface area contributed by atoms with E-state index < -0.39 is 0 Å². The number of aromatic amines is 1. The number of nitrogens with zero attached hydrogens (tertiary/aromatic N) is 2. The van der Waals surface area contributed by atoms with Gasteiger partial charge in [0.1, 0.15) is 6.61 Å². The van der Waals surface area contributed by atoms with E-state index in [0.717, 1.165) is 22.8 Å². The van der Waals surface area contributed by atoms with Crippen LogP contribution in [0.15, 0.2) is 59.7 Å². The summed E-state index contributed by atoms with van der Waals surface area (Å²) in [6, 6.07) is 13.3. The molecule has 0 saturated heterocycles. The molecular formula is C19H21N5O2S. The monoisotopic (exact) mass is 383 g/mol. The van der Waals surface area contributed by atoms with Crippen molar-refractivity contribution < 1.29 is 4.74 Å². The molecule has 4 N–H and O–H groups in total. The van der Waals surface area contributed by atoms with Crippen molar-refractivity contribution in [2.75, 3.05) is 23.3 Å². The zero-order valence-electron chi connectivity index (χ0n) is 14.7. The number of ether oxygens (including phenoxy) is 1. The number of anilines is 2. The standard InChI is InChI=1S/C19H21N5O2S/c20-15-7-4-8-21-16(15)13-27-10-9-22-19-23-11-17(18(25)24-19)26-12-14-5-2-1-3-6-14/h1-8,11H,9-10,12-13,20H2,(H2,22,23,24,25). The summed E-state index contributed by atoms with van der Waals surface area (Å²) in [5, 5.41) is 3.09. The SMILES string of the molecule is Nc1cccnc1CSCCNc1ncc(OCc2ccccc2)c(=O)[nH]1. The lowest BCUT2D eigenvalue weighted by molar-refractivity contribution is 0.300.